The van der Waals surface area contributed by atoms with Crippen molar-refractivity contribution in [3.63, 3.8) is 0 Å². The fourth-order valence-electron chi connectivity index (χ4n) is 2.28. The van der Waals surface area contributed by atoms with Gasteiger partial charge in [-0.1, -0.05) is 67.5 Å². The van der Waals surface area contributed by atoms with Crippen molar-refractivity contribution in [2.24, 2.45) is 0 Å². The van der Waals surface area contributed by atoms with E-state index < -0.39 is 0 Å². The van der Waals surface area contributed by atoms with E-state index in [1.54, 1.807) is 0 Å². The van der Waals surface area contributed by atoms with Gasteiger partial charge < -0.3 is 0 Å². The lowest BCUT2D eigenvalue weighted by molar-refractivity contribution is 0.0979. The summed E-state index contributed by atoms with van der Waals surface area (Å²) in [4.78, 5) is 12.3. The maximum Gasteiger partial charge on any atom is 0.164 e. The topological polar surface area (TPSA) is 17.1 Å². The predicted octanol–water partition coefficient (Wildman–Crippen LogP) is 5.16. The highest BCUT2D eigenvalue weighted by molar-refractivity contribution is 5.98. The Balaban J connectivity index is 2.18. The minimum Gasteiger partial charge on any atom is -0.294 e. The largest absolute Gasteiger partial charge is 0.294 e. The average molecular weight is 290 g/mol. The van der Waals surface area contributed by atoms with Gasteiger partial charge in [0.15, 0.2) is 5.78 Å². The van der Waals surface area contributed by atoms with E-state index in [9.17, 15) is 4.79 Å². The van der Waals surface area contributed by atoms with E-state index in [-0.39, 0.29) is 5.78 Å². The molecular weight excluding hydrogens is 268 g/mol. The Hall–Kier alpha value is -2.33. The number of rotatable bonds is 5. The van der Waals surface area contributed by atoms with Crippen LogP contribution in [0.25, 0.3) is 0 Å². The molecule has 2 rings (SSSR count). The molecule has 112 valence electrons. The molecule has 0 aliphatic rings. The minimum absolute atomic E-state index is 0.197. The molecule has 0 heterocycles. The molecule has 22 heavy (non-hydrogen) atoms. The van der Waals surface area contributed by atoms with Gasteiger partial charge in [-0.05, 0) is 31.5 Å². The Bertz CT molecular complexity index is 684. The Labute approximate surface area is 133 Å². The van der Waals surface area contributed by atoms with Gasteiger partial charge in [-0.25, -0.2) is 0 Å². The molecule has 2 aromatic carbocycles. The zero-order valence-electron chi connectivity index (χ0n) is 13.4. The van der Waals surface area contributed by atoms with Gasteiger partial charge in [0, 0.05) is 23.1 Å². The van der Waals surface area contributed by atoms with Crippen LogP contribution < -0.4 is 0 Å². The summed E-state index contributed by atoms with van der Waals surface area (Å²) in [5.74, 6) is 6.49. The SMILES string of the molecule is CCCCCC(=O)c1ccccc1C#Cc1ccc(C)cc1. The lowest BCUT2D eigenvalue weighted by Gasteiger charge is -2.03. The first kappa shape index (κ1) is 16.0. The molecule has 0 radical (unpaired) electrons. The van der Waals surface area contributed by atoms with Crippen molar-refractivity contribution in [2.75, 3.05) is 0 Å². The summed E-state index contributed by atoms with van der Waals surface area (Å²) in [5.41, 5.74) is 3.76. The summed E-state index contributed by atoms with van der Waals surface area (Å²) in [6.07, 6.45) is 3.79. The normalized spacial score (nSPS) is 9.91. The summed E-state index contributed by atoms with van der Waals surface area (Å²) in [6.45, 7) is 4.20. The van der Waals surface area contributed by atoms with Crippen LogP contribution in [0.3, 0.4) is 0 Å². The number of benzene rings is 2. The number of ketones is 1. The van der Waals surface area contributed by atoms with Gasteiger partial charge in [-0.15, -0.1) is 0 Å². The molecule has 0 spiro atoms. The highest BCUT2D eigenvalue weighted by Crippen LogP contribution is 2.13. The molecule has 2 aromatic rings. The Kier molecular flexibility index (Phi) is 5.98. The number of hydrogen-bond acceptors (Lipinski definition) is 1. The van der Waals surface area contributed by atoms with E-state index in [0.29, 0.717) is 6.42 Å². The minimum atomic E-state index is 0.197. The third-order valence-electron chi connectivity index (χ3n) is 3.63. The molecule has 0 aliphatic carbocycles. The van der Waals surface area contributed by atoms with E-state index in [0.717, 1.165) is 36.0 Å². The molecule has 0 aromatic heterocycles. The second-order valence-electron chi connectivity index (χ2n) is 5.54. The average Bonchev–Trinajstić information content (AvgIpc) is 2.55. The van der Waals surface area contributed by atoms with Crippen molar-refractivity contribution in [3.05, 3.63) is 70.8 Å². The molecule has 0 unspecified atom stereocenters. The summed E-state index contributed by atoms with van der Waals surface area (Å²) in [5, 5.41) is 0. The zero-order chi connectivity index (χ0) is 15.8. The fraction of sp³-hybridized carbons (Fsp3) is 0.286. The summed E-state index contributed by atoms with van der Waals surface area (Å²) in [7, 11) is 0. The number of Topliss-reactive ketones (excluding diaryl/α,β-unsaturated/α-hetero) is 1. The van der Waals surface area contributed by atoms with Crippen LogP contribution in [-0.4, -0.2) is 5.78 Å². The molecule has 0 aliphatic heterocycles. The summed E-state index contributed by atoms with van der Waals surface area (Å²) < 4.78 is 0. The van der Waals surface area contributed by atoms with Crippen LogP contribution in [0, 0.1) is 18.8 Å². The van der Waals surface area contributed by atoms with Crippen molar-refractivity contribution in [2.45, 2.75) is 39.5 Å². The number of carbonyl (C=O) groups is 1. The summed E-state index contributed by atoms with van der Waals surface area (Å²) >= 11 is 0. The molecule has 1 heteroatoms. The highest BCUT2D eigenvalue weighted by Gasteiger charge is 2.08. The number of aryl methyl sites for hydroxylation is 1. The van der Waals surface area contributed by atoms with Gasteiger partial charge >= 0.3 is 0 Å². The first-order valence-corrected chi connectivity index (χ1v) is 7.91. The number of unbranched alkanes of at least 4 members (excludes halogenated alkanes) is 2. The van der Waals surface area contributed by atoms with Crippen LogP contribution in [0.4, 0.5) is 0 Å². The quantitative estimate of drug-likeness (QED) is 0.422. The molecule has 0 saturated heterocycles. The number of hydrogen-bond donors (Lipinski definition) is 0. The lowest BCUT2D eigenvalue weighted by atomic mass is 9.99. The third-order valence-corrected chi connectivity index (χ3v) is 3.63. The Morgan fingerprint density at radius 2 is 1.68 bits per heavy atom. The zero-order valence-corrected chi connectivity index (χ0v) is 13.4. The van der Waals surface area contributed by atoms with Crippen molar-refractivity contribution in [1.82, 2.24) is 0 Å². The fourth-order valence-corrected chi connectivity index (χ4v) is 2.28. The molecule has 0 atom stereocenters. The smallest absolute Gasteiger partial charge is 0.164 e. The predicted molar refractivity (Wildman–Crippen MR) is 92.1 cm³/mol. The first-order valence-electron chi connectivity index (χ1n) is 7.91. The van der Waals surface area contributed by atoms with Crippen LogP contribution in [0.1, 0.15) is 59.7 Å². The lowest BCUT2D eigenvalue weighted by Crippen LogP contribution is -2.01. The molecule has 0 bridgehead atoms. The monoisotopic (exact) mass is 290 g/mol. The highest BCUT2D eigenvalue weighted by atomic mass is 16.1. The van der Waals surface area contributed by atoms with Crippen LogP contribution in [0.2, 0.25) is 0 Å². The van der Waals surface area contributed by atoms with Crippen molar-refractivity contribution in [3.8, 4) is 11.8 Å². The Morgan fingerprint density at radius 3 is 2.41 bits per heavy atom. The second kappa shape index (κ2) is 8.20. The van der Waals surface area contributed by atoms with Crippen LogP contribution in [0.15, 0.2) is 48.5 Å². The van der Waals surface area contributed by atoms with E-state index in [1.807, 2.05) is 48.5 Å². The van der Waals surface area contributed by atoms with Gasteiger partial charge in [0.2, 0.25) is 0 Å². The third kappa shape index (κ3) is 4.60. The van der Waals surface area contributed by atoms with Gasteiger partial charge in [-0.2, -0.15) is 0 Å². The summed E-state index contributed by atoms with van der Waals surface area (Å²) in [6, 6.07) is 15.8. The van der Waals surface area contributed by atoms with Crippen LogP contribution >= 0.6 is 0 Å². The van der Waals surface area contributed by atoms with Crippen LogP contribution in [0.5, 0.6) is 0 Å². The van der Waals surface area contributed by atoms with Crippen LogP contribution in [-0.2, 0) is 0 Å². The Morgan fingerprint density at radius 1 is 0.955 bits per heavy atom. The van der Waals surface area contributed by atoms with Crippen molar-refractivity contribution in [1.29, 1.82) is 0 Å². The second-order valence-corrected chi connectivity index (χ2v) is 5.54. The van der Waals surface area contributed by atoms with E-state index in [1.165, 1.54) is 5.56 Å². The van der Waals surface area contributed by atoms with Gasteiger partial charge in [0.25, 0.3) is 0 Å². The molecular formula is C21H22O. The molecule has 0 N–H and O–H groups in total. The molecule has 1 nitrogen and oxygen atoms in total. The maximum atomic E-state index is 12.3. The van der Waals surface area contributed by atoms with E-state index >= 15 is 0 Å². The molecule has 0 amide bonds. The molecule has 0 saturated carbocycles. The van der Waals surface area contributed by atoms with E-state index in [4.69, 9.17) is 0 Å². The molecule has 0 fully saturated rings. The maximum absolute atomic E-state index is 12.3. The first-order chi connectivity index (χ1) is 10.7. The van der Waals surface area contributed by atoms with Gasteiger partial charge in [0.05, 0.1) is 0 Å². The van der Waals surface area contributed by atoms with Crippen molar-refractivity contribution >= 4 is 5.78 Å². The standard InChI is InChI=1S/C21H22O/c1-3-4-5-10-21(22)20-9-7-6-8-19(20)16-15-18-13-11-17(2)12-14-18/h6-9,11-14H,3-5,10H2,1-2H3. The number of carbonyl (C=O) groups excluding carboxylic acids is 1. The van der Waals surface area contributed by atoms with Gasteiger partial charge in [-0.3, -0.25) is 4.79 Å². The van der Waals surface area contributed by atoms with E-state index in [2.05, 4.69) is 25.7 Å². The van der Waals surface area contributed by atoms with Crippen molar-refractivity contribution < 1.29 is 4.79 Å². The van der Waals surface area contributed by atoms with Gasteiger partial charge in [0.1, 0.15) is 0 Å².